The summed E-state index contributed by atoms with van der Waals surface area (Å²) in [5.41, 5.74) is -0.224. The zero-order valence-electron chi connectivity index (χ0n) is 8.88. The Morgan fingerprint density at radius 3 is 2.53 bits per heavy atom. The van der Waals surface area contributed by atoms with Gasteiger partial charge < -0.3 is 9.47 Å². The highest BCUT2D eigenvalue weighted by molar-refractivity contribution is 6.06. The summed E-state index contributed by atoms with van der Waals surface area (Å²) in [7, 11) is 1.29. The van der Waals surface area contributed by atoms with Crippen LogP contribution in [0.2, 0.25) is 0 Å². The highest BCUT2D eigenvalue weighted by atomic mass is 19.4. The summed E-state index contributed by atoms with van der Waals surface area (Å²) < 4.78 is 44.9. The van der Waals surface area contributed by atoms with Gasteiger partial charge in [-0.3, -0.25) is 4.79 Å². The first-order chi connectivity index (χ1) is 7.87. The lowest BCUT2D eigenvalue weighted by Crippen LogP contribution is -2.18. The molecule has 3 nitrogen and oxygen atoms in total. The van der Waals surface area contributed by atoms with Gasteiger partial charge in [0.1, 0.15) is 11.5 Å². The van der Waals surface area contributed by atoms with Crippen LogP contribution in [0.4, 0.5) is 13.2 Å². The number of benzene rings is 1. The second kappa shape index (κ2) is 4.90. The maximum Gasteiger partial charge on any atom is 0.573 e. The van der Waals surface area contributed by atoms with Crippen molar-refractivity contribution in [3.05, 3.63) is 36.4 Å². The van der Waals surface area contributed by atoms with Gasteiger partial charge in [-0.2, -0.15) is 0 Å². The SMILES string of the molecule is C=CC(=O)c1ccc(OC)cc1OC(F)(F)F. The number of methoxy groups -OCH3 is 1. The third-order valence-corrected chi connectivity index (χ3v) is 1.87. The minimum atomic E-state index is -4.87. The molecule has 0 aliphatic heterocycles. The number of hydrogen-bond acceptors (Lipinski definition) is 3. The maximum absolute atomic E-state index is 12.1. The summed E-state index contributed by atoms with van der Waals surface area (Å²) >= 11 is 0. The predicted molar refractivity (Wildman–Crippen MR) is 54.2 cm³/mol. The fraction of sp³-hybridized carbons (Fsp3) is 0.182. The molecule has 0 saturated carbocycles. The Bertz CT molecular complexity index is 438. The number of carbonyl (C=O) groups is 1. The third-order valence-electron chi connectivity index (χ3n) is 1.87. The summed E-state index contributed by atoms with van der Waals surface area (Å²) in [5.74, 6) is -1.11. The maximum atomic E-state index is 12.1. The van der Waals surface area contributed by atoms with Gasteiger partial charge in [-0.25, -0.2) is 0 Å². The zero-order valence-corrected chi connectivity index (χ0v) is 8.88. The first-order valence-electron chi connectivity index (χ1n) is 4.48. The molecule has 0 aromatic heterocycles. The van der Waals surface area contributed by atoms with E-state index in [9.17, 15) is 18.0 Å². The Balaban J connectivity index is 3.20. The molecule has 0 unspecified atom stereocenters. The van der Waals surface area contributed by atoms with E-state index < -0.39 is 17.9 Å². The van der Waals surface area contributed by atoms with E-state index in [1.807, 2.05) is 0 Å². The molecule has 0 amide bonds. The lowest BCUT2D eigenvalue weighted by atomic mass is 10.1. The number of hydrogen-bond donors (Lipinski definition) is 0. The van der Waals surface area contributed by atoms with E-state index in [0.717, 1.165) is 12.1 Å². The van der Waals surface area contributed by atoms with Crippen LogP contribution in [0.1, 0.15) is 10.4 Å². The first kappa shape index (κ1) is 13.1. The Hall–Kier alpha value is -1.98. The average molecular weight is 246 g/mol. The topological polar surface area (TPSA) is 35.5 Å². The molecule has 0 heterocycles. The Kier molecular flexibility index (Phi) is 3.77. The second-order valence-corrected chi connectivity index (χ2v) is 2.98. The number of ketones is 1. The Morgan fingerprint density at radius 2 is 2.06 bits per heavy atom. The molecule has 0 aliphatic rings. The van der Waals surface area contributed by atoms with Crippen molar-refractivity contribution in [3.63, 3.8) is 0 Å². The quantitative estimate of drug-likeness (QED) is 0.605. The van der Waals surface area contributed by atoms with Gasteiger partial charge in [0, 0.05) is 6.07 Å². The van der Waals surface area contributed by atoms with Crippen molar-refractivity contribution >= 4 is 5.78 Å². The van der Waals surface area contributed by atoms with Gasteiger partial charge in [-0.05, 0) is 18.2 Å². The van der Waals surface area contributed by atoms with Gasteiger partial charge in [0.15, 0.2) is 5.78 Å². The van der Waals surface area contributed by atoms with E-state index in [2.05, 4.69) is 11.3 Å². The van der Waals surface area contributed by atoms with Crippen molar-refractivity contribution in [1.29, 1.82) is 0 Å². The van der Waals surface area contributed by atoms with Gasteiger partial charge in [-0.15, -0.1) is 13.2 Å². The van der Waals surface area contributed by atoms with E-state index >= 15 is 0 Å². The number of ether oxygens (including phenoxy) is 2. The molecule has 92 valence electrons. The van der Waals surface area contributed by atoms with Crippen LogP contribution in [-0.4, -0.2) is 19.3 Å². The summed E-state index contributed by atoms with van der Waals surface area (Å²) in [6, 6.07) is 3.54. The number of allylic oxidation sites excluding steroid dienone is 1. The Morgan fingerprint density at radius 1 is 1.41 bits per heavy atom. The molecule has 1 aromatic rings. The molecule has 0 atom stereocenters. The van der Waals surface area contributed by atoms with E-state index in [-0.39, 0.29) is 11.3 Å². The van der Waals surface area contributed by atoms with E-state index in [0.29, 0.717) is 0 Å². The molecular weight excluding hydrogens is 237 g/mol. The molecule has 6 heteroatoms. The van der Waals surface area contributed by atoms with Crippen molar-refractivity contribution in [1.82, 2.24) is 0 Å². The lowest BCUT2D eigenvalue weighted by molar-refractivity contribution is -0.274. The molecular formula is C11H9F3O3. The molecule has 1 aromatic carbocycles. The normalized spacial score (nSPS) is 10.8. The number of halogens is 3. The number of alkyl halides is 3. The molecule has 1 rings (SSSR count). The van der Waals surface area contributed by atoms with Crippen molar-refractivity contribution in [2.75, 3.05) is 7.11 Å². The lowest BCUT2D eigenvalue weighted by Gasteiger charge is -2.12. The van der Waals surface area contributed by atoms with Crippen molar-refractivity contribution < 1.29 is 27.4 Å². The summed E-state index contributed by atoms with van der Waals surface area (Å²) in [6.07, 6.45) is -3.96. The highest BCUT2D eigenvalue weighted by Crippen LogP contribution is 2.30. The number of carbonyl (C=O) groups excluding carboxylic acids is 1. The molecule has 0 saturated heterocycles. The van der Waals surface area contributed by atoms with Gasteiger partial charge in [0.05, 0.1) is 12.7 Å². The van der Waals surface area contributed by atoms with Crippen LogP contribution >= 0.6 is 0 Å². The fourth-order valence-electron chi connectivity index (χ4n) is 1.15. The van der Waals surface area contributed by atoms with Crippen LogP contribution in [0, 0.1) is 0 Å². The molecule has 17 heavy (non-hydrogen) atoms. The van der Waals surface area contributed by atoms with Crippen LogP contribution in [0.3, 0.4) is 0 Å². The van der Waals surface area contributed by atoms with Crippen LogP contribution < -0.4 is 9.47 Å². The average Bonchev–Trinajstić information content (AvgIpc) is 2.25. The molecule has 0 radical (unpaired) electrons. The van der Waals surface area contributed by atoms with Gasteiger partial charge >= 0.3 is 6.36 Å². The fourth-order valence-corrected chi connectivity index (χ4v) is 1.15. The number of rotatable bonds is 4. The first-order valence-corrected chi connectivity index (χ1v) is 4.48. The summed E-state index contributed by atoms with van der Waals surface area (Å²) in [5, 5.41) is 0. The molecule has 0 fully saturated rings. The molecule has 0 bridgehead atoms. The summed E-state index contributed by atoms with van der Waals surface area (Å²) in [6.45, 7) is 3.20. The standard InChI is InChI=1S/C11H9F3O3/c1-3-9(15)8-5-4-7(16-2)6-10(8)17-11(12,13)14/h3-6H,1H2,2H3. The van der Waals surface area contributed by atoms with Crippen molar-refractivity contribution in [3.8, 4) is 11.5 Å². The Labute approximate surface area is 95.5 Å². The van der Waals surface area contributed by atoms with Crippen LogP contribution in [0.15, 0.2) is 30.9 Å². The smallest absolute Gasteiger partial charge is 0.497 e. The van der Waals surface area contributed by atoms with E-state index in [4.69, 9.17) is 4.74 Å². The summed E-state index contributed by atoms with van der Waals surface area (Å²) in [4.78, 5) is 11.3. The minimum absolute atomic E-state index is 0.157. The van der Waals surface area contributed by atoms with Gasteiger partial charge in [0.25, 0.3) is 0 Å². The molecule has 0 aliphatic carbocycles. The van der Waals surface area contributed by atoms with Crippen molar-refractivity contribution in [2.24, 2.45) is 0 Å². The minimum Gasteiger partial charge on any atom is -0.497 e. The zero-order chi connectivity index (χ0) is 13.1. The van der Waals surface area contributed by atoms with Crippen LogP contribution in [0.5, 0.6) is 11.5 Å². The van der Waals surface area contributed by atoms with E-state index in [1.54, 1.807) is 0 Å². The van der Waals surface area contributed by atoms with Crippen LogP contribution in [0.25, 0.3) is 0 Å². The van der Waals surface area contributed by atoms with Gasteiger partial charge in [-0.1, -0.05) is 6.58 Å². The monoisotopic (exact) mass is 246 g/mol. The molecule has 0 N–H and O–H groups in total. The second-order valence-electron chi connectivity index (χ2n) is 2.98. The highest BCUT2D eigenvalue weighted by Gasteiger charge is 2.32. The largest absolute Gasteiger partial charge is 0.573 e. The van der Waals surface area contributed by atoms with Crippen molar-refractivity contribution in [2.45, 2.75) is 6.36 Å². The third kappa shape index (κ3) is 3.51. The molecule has 0 spiro atoms. The van der Waals surface area contributed by atoms with E-state index in [1.165, 1.54) is 19.2 Å². The van der Waals surface area contributed by atoms with Crippen LogP contribution in [-0.2, 0) is 0 Å². The van der Waals surface area contributed by atoms with Gasteiger partial charge in [0.2, 0.25) is 0 Å². The predicted octanol–water partition coefficient (Wildman–Crippen LogP) is 2.96.